The maximum Gasteiger partial charge on any atom is 0.306 e. The van der Waals surface area contributed by atoms with Gasteiger partial charge in [0, 0.05) is 19.6 Å². The van der Waals surface area contributed by atoms with E-state index >= 15 is 0 Å². The average Bonchev–Trinajstić information content (AvgIpc) is 2.86. The zero-order valence-electron chi connectivity index (χ0n) is 11.4. The highest BCUT2D eigenvalue weighted by atomic mass is 16.4. The molecule has 2 heterocycles. The molecule has 0 saturated heterocycles. The molecule has 0 atom stereocenters. The number of nitrogens with zero attached hydrogens (tertiary/aromatic N) is 4. The first-order chi connectivity index (χ1) is 9.56. The van der Waals surface area contributed by atoms with E-state index in [0.717, 1.165) is 18.9 Å². The van der Waals surface area contributed by atoms with E-state index in [4.69, 9.17) is 5.11 Å². The van der Waals surface area contributed by atoms with Crippen LogP contribution in [0.1, 0.15) is 31.5 Å². The Kier molecular flexibility index (Phi) is 3.47. The van der Waals surface area contributed by atoms with Crippen LogP contribution in [0, 0.1) is 5.92 Å². The number of aromatic nitrogens is 3. The van der Waals surface area contributed by atoms with Gasteiger partial charge in [0.2, 0.25) is 0 Å². The summed E-state index contributed by atoms with van der Waals surface area (Å²) in [6.45, 7) is 3.00. The maximum absolute atomic E-state index is 11.0. The quantitative estimate of drug-likeness (QED) is 0.816. The molecule has 1 fully saturated rings. The molecule has 3 rings (SSSR count). The van der Waals surface area contributed by atoms with Crippen molar-refractivity contribution >= 4 is 5.97 Å². The predicted molar refractivity (Wildman–Crippen MR) is 69.8 cm³/mol. The molecule has 20 heavy (non-hydrogen) atoms. The van der Waals surface area contributed by atoms with Crippen LogP contribution < -0.4 is 0 Å². The van der Waals surface area contributed by atoms with E-state index < -0.39 is 11.6 Å². The zero-order chi connectivity index (χ0) is 14.2. The summed E-state index contributed by atoms with van der Waals surface area (Å²) in [6.07, 6.45) is 3.99. The molecular weight excluding hydrogens is 260 g/mol. The van der Waals surface area contributed by atoms with E-state index in [1.54, 1.807) is 6.33 Å². The second-order valence-corrected chi connectivity index (χ2v) is 5.99. The summed E-state index contributed by atoms with van der Waals surface area (Å²) in [4.78, 5) is 13.1. The summed E-state index contributed by atoms with van der Waals surface area (Å²) in [5, 5.41) is 27.6. The standard InChI is InChI=1S/C13H20N4O3/c18-12(19)10-1-3-13(20,4-2-10)8-16-5-6-17-9-14-15-11(17)7-16/h9-10,20H,1-8H2,(H,18,19). The first kappa shape index (κ1) is 13.5. The number of aliphatic hydroxyl groups is 1. The Morgan fingerprint density at radius 1 is 1.40 bits per heavy atom. The van der Waals surface area contributed by atoms with Crippen LogP contribution in [0.25, 0.3) is 0 Å². The van der Waals surface area contributed by atoms with Gasteiger partial charge in [-0.3, -0.25) is 9.69 Å². The van der Waals surface area contributed by atoms with Gasteiger partial charge in [0.25, 0.3) is 0 Å². The van der Waals surface area contributed by atoms with Crippen LogP contribution in [0.3, 0.4) is 0 Å². The number of carbonyl (C=O) groups is 1. The van der Waals surface area contributed by atoms with E-state index in [2.05, 4.69) is 15.1 Å². The Bertz CT molecular complexity index is 494. The fraction of sp³-hybridized carbons (Fsp3) is 0.769. The van der Waals surface area contributed by atoms with Gasteiger partial charge in [-0.05, 0) is 25.7 Å². The number of carboxylic acids is 1. The molecule has 1 aliphatic heterocycles. The number of β-amino-alcohol motifs (C(OH)–C–C–N with tert-alkyl or cyclic N) is 1. The topological polar surface area (TPSA) is 91.5 Å². The molecule has 0 amide bonds. The third-order valence-electron chi connectivity index (χ3n) is 4.50. The summed E-state index contributed by atoms with van der Waals surface area (Å²) >= 11 is 0. The smallest absolute Gasteiger partial charge is 0.306 e. The van der Waals surface area contributed by atoms with Crippen LogP contribution in [0.4, 0.5) is 0 Å². The Hall–Kier alpha value is -1.47. The van der Waals surface area contributed by atoms with E-state index in [1.807, 2.05) is 4.57 Å². The monoisotopic (exact) mass is 280 g/mol. The molecule has 2 N–H and O–H groups in total. The highest BCUT2D eigenvalue weighted by Gasteiger charge is 2.37. The Morgan fingerprint density at radius 3 is 2.85 bits per heavy atom. The molecule has 1 aliphatic carbocycles. The third kappa shape index (κ3) is 2.69. The molecule has 1 saturated carbocycles. The largest absolute Gasteiger partial charge is 0.481 e. The second-order valence-electron chi connectivity index (χ2n) is 5.99. The Morgan fingerprint density at radius 2 is 2.15 bits per heavy atom. The molecule has 0 radical (unpaired) electrons. The van der Waals surface area contributed by atoms with E-state index in [0.29, 0.717) is 38.8 Å². The highest BCUT2D eigenvalue weighted by molar-refractivity contribution is 5.70. The van der Waals surface area contributed by atoms with Gasteiger partial charge in [-0.15, -0.1) is 10.2 Å². The van der Waals surface area contributed by atoms with Crippen LogP contribution in [0.15, 0.2) is 6.33 Å². The molecule has 110 valence electrons. The third-order valence-corrected chi connectivity index (χ3v) is 4.50. The average molecular weight is 280 g/mol. The van der Waals surface area contributed by atoms with Gasteiger partial charge in [0.15, 0.2) is 0 Å². The predicted octanol–water partition coefficient (Wildman–Crippen LogP) is 0.0996. The normalized spacial score (nSPS) is 30.9. The van der Waals surface area contributed by atoms with Gasteiger partial charge in [-0.2, -0.15) is 0 Å². The van der Waals surface area contributed by atoms with Gasteiger partial charge < -0.3 is 14.8 Å². The number of fused-ring (bicyclic) bond motifs is 1. The summed E-state index contributed by atoms with van der Waals surface area (Å²) in [5.41, 5.74) is -0.756. The van der Waals surface area contributed by atoms with Crippen molar-refractivity contribution in [3.8, 4) is 0 Å². The van der Waals surface area contributed by atoms with E-state index in [-0.39, 0.29) is 5.92 Å². The maximum atomic E-state index is 11.0. The summed E-state index contributed by atoms with van der Waals surface area (Å²) in [6, 6.07) is 0. The number of hydrogen-bond donors (Lipinski definition) is 2. The second kappa shape index (κ2) is 5.14. The molecule has 2 aliphatic rings. The van der Waals surface area contributed by atoms with Crippen LogP contribution in [0.5, 0.6) is 0 Å². The summed E-state index contributed by atoms with van der Waals surface area (Å²) < 4.78 is 2.03. The first-order valence-electron chi connectivity index (χ1n) is 7.10. The molecule has 0 unspecified atom stereocenters. The van der Waals surface area contributed by atoms with Gasteiger partial charge in [-0.1, -0.05) is 0 Å². The van der Waals surface area contributed by atoms with Gasteiger partial charge >= 0.3 is 5.97 Å². The Labute approximate surface area is 117 Å². The lowest BCUT2D eigenvalue weighted by molar-refractivity contribution is -0.145. The molecule has 0 bridgehead atoms. The number of aliphatic carboxylic acids is 1. The van der Waals surface area contributed by atoms with Gasteiger partial charge in [0.1, 0.15) is 12.2 Å². The van der Waals surface area contributed by atoms with Crippen molar-refractivity contribution in [2.45, 2.75) is 44.4 Å². The molecule has 7 nitrogen and oxygen atoms in total. The zero-order valence-corrected chi connectivity index (χ0v) is 11.4. The minimum atomic E-state index is -0.756. The first-order valence-corrected chi connectivity index (χ1v) is 7.10. The van der Waals surface area contributed by atoms with Crippen LogP contribution in [-0.2, 0) is 17.9 Å². The lowest BCUT2D eigenvalue weighted by Gasteiger charge is -2.39. The fourth-order valence-electron chi connectivity index (χ4n) is 3.23. The van der Waals surface area contributed by atoms with Crippen LogP contribution in [0.2, 0.25) is 0 Å². The fourth-order valence-corrected chi connectivity index (χ4v) is 3.23. The molecular formula is C13H20N4O3. The Balaban J connectivity index is 1.57. The van der Waals surface area contributed by atoms with Crippen molar-refractivity contribution < 1.29 is 15.0 Å². The van der Waals surface area contributed by atoms with Crippen molar-refractivity contribution in [2.24, 2.45) is 5.92 Å². The lowest BCUT2D eigenvalue weighted by Crippen LogP contribution is -2.48. The van der Waals surface area contributed by atoms with Crippen molar-refractivity contribution in [3.63, 3.8) is 0 Å². The van der Waals surface area contributed by atoms with E-state index in [1.165, 1.54) is 0 Å². The van der Waals surface area contributed by atoms with Crippen LogP contribution in [-0.4, -0.2) is 54.5 Å². The van der Waals surface area contributed by atoms with Gasteiger partial charge in [-0.25, -0.2) is 0 Å². The number of hydrogen-bond acceptors (Lipinski definition) is 5. The number of carboxylic acid groups (broad SMARTS) is 1. The lowest BCUT2D eigenvalue weighted by atomic mass is 9.78. The number of rotatable bonds is 3. The molecule has 1 aromatic heterocycles. The minimum absolute atomic E-state index is 0.292. The van der Waals surface area contributed by atoms with Crippen molar-refractivity contribution in [2.75, 3.05) is 13.1 Å². The SMILES string of the molecule is O=C(O)C1CCC(O)(CN2CCn3cnnc3C2)CC1. The van der Waals surface area contributed by atoms with Crippen molar-refractivity contribution in [1.29, 1.82) is 0 Å². The molecule has 0 spiro atoms. The van der Waals surface area contributed by atoms with Crippen molar-refractivity contribution in [1.82, 2.24) is 19.7 Å². The minimum Gasteiger partial charge on any atom is -0.481 e. The van der Waals surface area contributed by atoms with E-state index in [9.17, 15) is 9.90 Å². The summed E-state index contributed by atoms with van der Waals surface area (Å²) in [5.74, 6) is -0.100. The van der Waals surface area contributed by atoms with Crippen molar-refractivity contribution in [3.05, 3.63) is 12.2 Å². The summed E-state index contributed by atoms with van der Waals surface area (Å²) in [7, 11) is 0. The molecule has 1 aromatic rings. The van der Waals surface area contributed by atoms with Gasteiger partial charge in [0.05, 0.1) is 18.1 Å². The molecule has 7 heteroatoms. The highest BCUT2D eigenvalue weighted by Crippen LogP contribution is 2.33. The van der Waals surface area contributed by atoms with Crippen LogP contribution >= 0.6 is 0 Å². The molecule has 0 aromatic carbocycles.